The number of amides is 1. The summed E-state index contributed by atoms with van der Waals surface area (Å²) in [5.74, 6) is 1.01. The molecule has 7 nitrogen and oxygen atoms in total. The average Bonchev–Trinajstić information content (AvgIpc) is 3.38. The number of nitrogens with two attached hydrogens (primary N) is 1. The molecule has 0 aliphatic carbocycles. The lowest BCUT2D eigenvalue weighted by Crippen LogP contribution is -2.24. The predicted octanol–water partition coefficient (Wildman–Crippen LogP) is 3.83. The Balaban J connectivity index is 1.31. The van der Waals surface area contributed by atoms with Crippen molar-refractivity contribution in [2.45, 2.75) is 0 Å². The summed E-state index contributed by atoms with van der Waals surface area (Å²) < 4.78 is 24.8. The van der Waals surface area contributed by atoms with E-state index in [9.17, 15) is 9.18 Å². The molecular weight excluding hydrogens is 411 g/mol. The van der Waals surface area contributed by atoms with E-state index >= 15 is 0 Å². The highest BCUT2D eigenvalue weighted by atomic mass is 19.1. The van der Waals surface area contributed by atoms with Gasteiger partial charge < -0.3 is 25.4 Å². The normalized spacial score (nSPS) is 16.8. The Bertz CT molecular complexity index is 1200. The highest BCUT2D eigenvalue weighted by Crippen LogP contribution is 2.33. The van der Waals surface area contributed by atoms with E-state index in [0.29, 0.717) is 23.2 Å². The quantitative estimate of drug-likeness (QED) is 0.615. The minimum absolute atomic E-state index is 0.139. The number of hydrogen-bond donors (Lipinski definition) is 2. The summed E-state index contributed by atoms with van der Waals surface area (Å²) in [5, 5.41) is 3.26. The Morgan fingerprint density at radius 3 is 2.59 bits per heavy atom. The van der Waals surface area contributed by atoms with Crippen LogP contribution in [0.3, 0.4) is 0 Å². The molecule has 1 atom stereocenters. The molecule has 1 amide bonds. The van der Waals surface area contributed by atoms with E-state index in [4.69, 9.17) is 15.2 Å². The minimum Gasteiger partial charge on any atom is -0.457 e. The van der Waals surface area contributed by atoms with Crippen LogP contribution in [0.25, 0.3) is 0 Å². The van der Waals surface area contributed by atoms with Crippen molar-refractivity contribution in [3.63, 3.8) is 0 Å². The second kappa shape index (κ2) is 8.22. The van der Waals surface area contributed by atoms with Crippen molar-refractivity contribution < 1.29 is 18.7 Å². The van der Waals surface area contributed by atoms with Crippen molar-refractivity contribution in [2.75, 3.05) is 24.5 Å². The molecule has 0 bridgehead atoms. The number of nitrogens with zero attached hydrogens (tertiary/aromatic N) is 2. The number of benzene rings is 2. The van der Waals surface area contributed by atoms with E-state index in [1.165, 1.54) is 17.7 Å². The van der Waals surface area contributed by atoms with Gasteiger partial charge in [0.2, 0.25) is 5.88 Å². The molecule has 32 heavy (non-hydrogen) atoms. The predicted molar refractivity (Wildman–Crippen MR) is 118 cm³/mol. The Kier molecular flexibility index (Phi) is 5.10. The summed E-state index contributed by atoms with van der Waals surface area (Å²) in [7, 11) is 0. The van der Waals surface area contributed by atoms with E-state index in [2.05, 4.69) is 21.4 Å². The van der Waals surface area contributed by atoms with Crippen LogP contribution in [-0.4, -0.2) is 30.5 Å². The first-order chi connectivity index (χ1) is 15.5. The maximum atomic E-state index is 13.3. The number of carbonyl (C=O) groups is 1. The number of aromatic nitrogens is 1. The van der Waals surface area contributed by atoms with Gasteiger partial charge in [-0.1, -0.05) is 6.07 Å². The lowest BCUT2D eigenvalue weighted by atomic mass is 10.1. The Hall–Kier alpha value is -4.07. The van der Waals surface area contributed by atoms with Gasteiger partial charge in [0.1, 0.15) is 28.6 Å². The van der Waals surface area contributed by atoms with Crippen LogP contribution in [0.4, 0.5) is 10.1 Å². The van der Waals surface area contributed by atoms with Crippen LogP contribution < -0.4 is 25.4 Å². The molecule has 3 N–H and O–H groups in total. The number of carbonyl (C=O) groups excluding carboxylic acids is 1. The van der Waals surface area contributed by atoms with Crippen molar-refractivity contribution in [1.29, 1.82) is 0 Å². The Labute approximate surface area is 184 Å². The topological polar surface area (TPSA) is 89.7 Å². The summed E-state index contributed by atoms with van der Waals surface area (Å²) >= 11 is 0. The second-order valence-corrected chi connectivity index (χ2v) is 7.75. The van der Waals surface area contributed by atoms with Gasteiger partial charge >= 0.3 is 0 Å². The fourth-order valence-electron chi connectivity index (χ4n) is 3.91. The fourth-order valence-corrected chi connectivity index (χ4v) is 3.91. The first kappa shape index (κ1) is 19.9. The number of primary amides is 1. The molecule has 0 spiro atoms. The van der Waals surface area contributed by atoms with Gasteiger partial charge in [-0.2, -0.15) is 0 Å². The van der Waals surface area contributed by atoms with Crippen LogP contribution in [-0.2, 0) is 0 Å². The molecular formula is C24H21FN4O3. The Morgan fingerprint density at radius 1 is 1.09 bits per heavy atom. The van der Waals surface area contributed by atoms with Crippen LogP contribution in [0.2, 0.25) is 0 Å². The summed E-state index contributed by atoms with van der Waals surface area (Å²) in [6.45, 7) is 2.60. The molecule has 5 rings (SSSR count). The van der Waals surface area contributed by atoms with E-state index in [0.717, 1.165) is 25.3 Å². The van der Waals surface area contributed by atoms with Crippen molar-refractivity contribution in [3.05, 3.63) is 83.9 Å². The largest absolute Gasteiger partial charge is 0.457 e. The highest BCUT2D eigenvalue weighted by molar-refractivity contribution is 5.96. The van der Waals surface area contributed by atoms with Gasteiger partial charge in [0, 0.05) is 31.6 Å². The third-order valence-electron chi connectivity index (χ3n) is 5.53. The van der Waals surface area contributed by atoms with Gasteiger partial charge in [-0.05, 0) is 54.2 Å². The number of ether oxygens (including phenoxy) is 2. The third-order valence-corrected chi connectivity index (χ3v) is 5.53. The average molecular weight is 432 g/mol. The van der Waals surface area contributed by atoms with Crippen molar-refractivity contribution in [2.24, 2.45) is 11.7 Å². The number of rotatable bonds is 6. The molecule has 2 aromatic carbocycles. The van der Waals surface area contributed by atoms with Crippen LogP contribution in [0, 0.1) is 11.7 Å². The zero-order valence-corrected chi connectivity index (χ0v) is 17.1. The van der Waals surface area contributed by atoms with Crippen molar-refractivity contribution in [1.82, 2.24) is 10.3 Å². The number of hydrogen-bond acceptors (Lipinski definition) is 6. The minimum atomic E-state index is -0.610. The van der Waals surface area contributed by atoms with Crippen LogP contribution in [0.5, 0.6) is 23.1 Å². The maximum absolute atomic E-state index is 13.3. The number of halogens is 1. The molecule has 1 aromatic heterocycles. The van der Waals surface area contributed by atoms with Gasteiger partial charge in [-0.25, -0.2) is 9.37 Å². The van der Waals surface area contributed by atoms with E-state index in [1.54, 1.807) is 48.7 Å². The first-order valence-corrected chi connectivity index (χ1v) is 10.2. The van der Waals surface area contributed by atoms with Gasteiger partial charge in [-0.15, -0.1) is 0 Å². The molecule has 2 aliphatic heterocycles. The summed E-state index contributed by atoms with van der Waals surface area (Å²) in [6, 6.07) is 14.3. The van der Waals surface area contributed by atoms with Crippen molar-refractivity contribution in [3.8, 4) is 23.1 Å². The zero-order chi connectivity index (χ0) is 22.1. The number of fused-ring (bicyclic) bond motifs is 1. The van der Waals surface area contributed by atoms with E-state index < -0.39 is 5.91 Å². The molecule has 8 heteroatoms. The second-order valence-electron chi connectivity index (χ2n) is 7.75. The molecule has 3 heterocycles. The van der Waals surface area contributed by atoms with Crippen LogP contribution in [0.15, 0.2) is 72.6 Å². The van der Waals surface area contributed by atoms with Gasteiger partial charge in [-0.3, -0.25) is 4.79 Å². The SMILES string of the molecule is NC(=O)c1cc(N2CC3=CNCC3C2)cnc1Oc1ccc(Oc2cccc(F)c2)cc1. The molecule has 1 unspecified atom stereocenters. The van der Waals surface area contributed by atoms with Gasteiger partial charge in [0.05, 0.1) is 11.9 Å². The zero-order valence-electron chi connectivity index (χ0n) is 17.1. The molecule has 0 saturated carbocycles. The monoisotopic (exact) mass is 432 g/mol. The lowest BCUT2D eigenvalue weighted by Gasteiger charge is -2.19. The molecule has 3 aromatic rings. The number of pyridine rings is 1. The van der Waals surface area contributed by atoms with E-state index in [1.807, 2.05) is 0 Å². The van der Waals surface area contributed by atoms with E-state index in [-0.39, 0.29) is 17.3 Å². The van der Waals surface area contributed by atoms with Crippen LogP contribution in [0.1, 0.15) is 10.4 Å². The highest BCUT2D eigenvalue weighted by Gasteiger charge is 2.31. The third kappa shape index (κ3) is 4.07. The summed E-state index contributed by atoms with van der Waals surface area (Å²) in [5.41, 5.74) is 8.00. The molecule has 1 fully saturated rings. The summed E-state index contributed by atoms with van der Waals surface area (Å²) in [6.07, 6.45) is 3.75. The van der Waals surface area contributed by atoms with Gasteiger partial charge in [0.15, 0.2) is 0 Å². The van der Waals surface area contributed by atoms with Crippen molar-refractivity contribution >= 4 is 11.6 Å². The molecule has 1 saturated heterocycles. The molecule has 0 radical (unpaired) electrons. The molecule has 162 valence electrons. The van der Waals surface area contributed by atoms with Gasteiger partial charge in [0.25, 0.3) is 5.91 Å². The Morgan fingerprint density at radius 2 is 1.88 bits per heavy atom. The first-order valence-electron chi connectivity index (χ1n) is 10.2. The fraction of sp³-hybridized carbons (Fsp3) is 0.167. The van der Waals surface area contributed by atoms with Crippen LogP contribution >= 0.6 is 0 Å². The lowest BCUT2D eigenvalue weighted by molar-refractivity contribution is 0.0997. The smallest absolute Gasteiger partial charge is 0.254 e. The summed E-state index contributed by atoms with van der Waals surface area (Å²) in [4.78, 5) is 18.6. The standard InChI is InChI=1S/C24H21FN4O3/c25-17-2-1-3-21(8-17)31-19-4-6-20(7-5-19)32-24-22(23(26)30)9-18(12-28-24)29-13-15-10-27-11-16(15)14-29/h1-10,12,16,27H,11,13-14H2,(H2,26,30). The number of anilines is 1. The molecule has 2 aliphatic rings. The number of nitrogens with one attached hydrogen (secondary N) is 1. The maximum Gasteiger partial charge on any atom is 0.254 e.